The molecule has 2 aromatic rings. The molecule has 6 nitrogen and oxygen atoms in total. The van der Waals surface area contributed by atoms with E-state index >= 15 is 0 Å². The fourth-order valence-corrected chi connectivity index (χ4v) is 4.48. The smallest absolute Gasteiger partial charge is 0.147 e. The first kappa shape index (κ1) is 17.5. The molecule has 0 aliphatic carbocycles. The zero-order valence-electron chi connectivity index (χ0n) is 16.1. The fraction of sp³-hybridized carbons (Fsp3) is 0.600. The van der Waals surface area contributed by atoms with Crippen molar-refractivity contribution in [2.24, 2.45) is 0 Å². The third-order valence-corrected chi connectivity index (χ3v) is 5.73. The molecule has 2 aliphatic rings. The van der Waals surface area contributed by atoms with Crippen LogP contribution in [0.1, 0.15) is 47.1 Å². The predicted octanol–water partition coefficient (Wildman–Crippen LogP) is 2.39. The van der Waals surface area contributed by atoms with Crippen molar-refractivity contribution in [1.29, 1.82) is 0 Å². The van der Waals surface area contributed by atoms with Gasteiger partial charge in [-0.25, -0.2) is 0 Å². The van der Waals surface area contributed by atoms with Crippen molar-refractivity contribution in [1.82, 2.24) is 25.0 Å². The largest absolute Gasteiger partial charge is 0.496 e. The third kappa shape index (κ3) is 3.35. The number of piperidine rings is 1. The minimum atomic E-state index is 0.546. The summed E-state index contributed by atoms with van der Waals surface area (Å²) in [6.07, 6.45) is 2.33. The summed E-state index contributed by atoms with van der Waals surface area (Å²) in [4.78, 5) is 2.56. The number of nitrogens with zero attached hydrogens (tertiary/aromatic N) is 4. The van der Waals surface area contributed by atoms with Gasteiger partial charge in [-0.05, 0) is 56.5 Å². The number of likely N-dealkylation sites (tertiary alicyclic amines) is 1. The number of nitrogens with one attached hydrogen (secondary N) is 1. The lowest BCUT2D eigenvalue weighted by Gasteiger charge is -2.32. The van der Waals surface area contributed by atoms with Crippen molar-refractivity contribution in [3.8, 4) is 5.75 Å². The lowest BCUT2D eigenvalue weighted by atomic mass is 9.95. The molecule has 6 heteroatoms. The lowest BCUT2D eigenvalue weighted by Crippen LogP contribution is -2.34. The predicted molar refractivity (Wildman–Crippen MR) is 101 cm³/mol. The normalized spacial score (nSPS) is 18.7. The topological polar surface area (TPSA) is 55.2 Å². The van der Waals surface area contributed by atoms with Crippen LogP contribution >= 0.6 is 0 Å². The van der Waals surface area contributed by atoms with E-state index in [0.29, 0.717) is 5.92 Å². The maximum atomic E-state index is 5.49. The first-order valence-corrected chi connectivity index (χ1v) is 9.65. The zero-order chi connectivity index (χ0) is 18.1. The Labute approximate surface area is 155 Å². The second kappa shape index (κ2) is 7.37. The quantitative estimate of drug-likeness (QED) is 0.913. The maximum Gasteiger partial charge on any atom is 0.147 e. The van der Waals surface area contributed by atoms with Gasteiger partial charge >= 0.3 is 0 Å². The molecule has 1 saturated heterocycles. The van der Waals surface area contributed by atoms with E-state index in [2.05, 4.69) is 51.0 Å². The molecule has 1 N–H and O–H groups in total. The second-order valence-corrected chi connectivity index (χ2v) is 7.62. The molecule has 0 saturated carbocycles. The van der Waals surface area contributed by atoms with Gasteiger partial charge in [0.15, 0.2) is 0 Å². The van der Waals surface area contributed by atoms with Crippen molar-refractivity contribution < 1.29 is 4.74 Å². The van der Waals surface area contributed by atoms with Gasteiger partial charge in [0.25, 0.3) is 0 Å². The van der Waals surface area contributed by atoms with E-state index in [0.717, 1.165) is 50.8 Å². The summed E-state index contributed by atoms with van der Waals surface area (Å²) in [5, 5.41) is 12.3. The molecule has 0 atom stereocenters. The molecule has 0 bridgehead atoms. The Morgan fingerprint density at radius 2 is 1.85 bits per heavy atom. The highest BCUT2D eigenvalue weighted by Crippen LogP contribution is 2.30. The highest BCUT2D eigenvalue weighted by molar-refractivity contribution is 5.43. The molecule has 0 radical (unpaired) electrons. The first-order valence-electron chi connectivity index (χ1n) is 9.65. The average molecular weight is 355 g/mol. The molecule has 0 spiro atoms. The fourth-order valence-electron chi connectivity index (χ4n) is 4.48. The average Bonchev–Trinajstić information content (AvgIpc) is 3.06. The van der Waals surface area contributed by atoms with E-state index in [1.807, 2.05) is 0 Å². The maximum absolute atomic E-state index is 5.49. The Morgan fingerprint density at radius 1 is 1.12 bits per heavy atom. The van der Waals surface area contributed by atoms with Gasteiger partial charge in [0.2, 0.25) is 0 Å². The van der Waals surface area contributed by atoms with Crippen molar-refractivity contribution in [2.45, 2.75) is 52.2 Å². The minimum absolute atomic E-state index is 0.546. The number of hydrogen-bond donors (Lipinski definition) is 1. The molecule has 1 aromatic carbocycles. The molecule has 3 heterocycles. The van der Waals surface area contributed by atoms with Crippen LogP contribution in [-0.2, 0) is 19.6 Å². The molecule has 1 aromatic heterocycles. The number of rotatable bonds is 4. The standard InChI is InChI=1S/C20H29N5O/c1-14-10-16(11-15(2)19(14)26-3)13-24-7-4-17(5-8-24)20-23-22-18-12-21-6-9-25(18)20/h10-11,17,21H,4-9,12-13H2,1-3H3. The molecule has 2 aliphatic heterocycles. The Hall–Kier alpha value is -1.92. The number of ether oxygens (including phenoxy) is 1. The first-order chi connectivity index (χ1) is 12.7. The lowest BCUT2D eigenvalue weighted by molar-refractivity contribution is 0.199. The van der Waals surface area contributed by atoms with Crippen LogP contribution in [0.15, 0.2) is 12.1 Å². The van der Waals surface area contributed by atoms with Crippen molar-refractivity contribution >= 4 is 0 Å². The molecule has 4 rings (SSSR count). The molecular weight excluding hydrogens is 326 g/mol. The van der Waals surface area contributed by atoms with Crippen LogP contribution in [0.3, 0.4) is 0 Å². The monoisotopic (exact) mass is 355 g/mol. The number of benzene rings is 1. The summed E-state index contributed by atoms with van der Waals surface area (Å²) in [5.74, 6) is 3.86. The van der Waals surface area contributed by atoms with E-state index in [4.69, 9.17) is 4.74 Å². The summed E-state index contributed by atoms with van der Waals surface area (Å²) in [6, 6.07) is 4.53. The van der Waals surface area contributed by atoms with Gasteiger partial charge in [-0.1, -0.05) is 12.1 Å². The Morgan fingerprint density at radius 3 is 2.54 bits per heavy atom. The molecule has 1 fully saturated rings. The van der Waals surface area contributed by atoms with Crippen LogP contribution in [0.25, 0.3) is 0 Å². The highest BCUT2D eigenvalue weighted by Gasteiger charge is 2.27. The van der Waals surface area contributed by atoms with E-state index in [-0.39, 0.29) is 0 Å². The van der Waals surface area contributed by atoms with E-state index in [9.17, 15) is 0 Å². The summed E-state index contributed by atoms with van der Waals surface area (Å²) < 4.78 is 7.83. The third-order valence-electron chi connectivity index (χ3n) is 5.73. The van der Waals surface area contributed by atoms with Crippen LogP contribution in [0.5, 0.6) is 5.75 Å². The number of fused-ring (bicyclic) bond motifs is 1. The molecular formula is C20H29N5O. The number of aryl methyl sites for hydroxylation is 2. The molecule has 0 amide bonds. The second-order valence-electron chi connectivity index (χ2n) is 7.62. The van der Waals surface area contributed by atoms with Gasteiger partial charge in [-0.15, -0.1) is 10.2 Å². The summed E-state index contributed by atoms with van der Waals surface area (Å²) in [6.45, 7) is 10.4. The minimum Gasteiger partial charge on any atom is -0.496 e. The zero-order valence-corrected chi connectivity index (χ0v) is 16.1. The van der Waals surface area contributed by atoms with Crippen molar-refractivity contribution in [2.75, 3.05) is 26.7 Å². The number of methoxy groups -OCH3 is 1. The van der Waals surface area contributed by atoms with E-state index in [1.54, 1.807) is 7.11 Å². The van der Waals surface area contributed by atoms with Gasteiger partial charge in [-0.3, -0.25) is 4.90 Å². The summed E-state index contributed by atoms with van der Waals surface area (Å²) in [7, 11) is 1.75. The molecule has 26 heavy (non-hydrogen) atoms. The molecule has 140 valence electrons. The van der Waals surface area contributed by atoms with Crippen molar-refractivity contribution in [3.05, 3.63) is 40.5 Å². The molecule has 0 unspecified atom stereocenters. The van der Waals surface area contributed by atoms with Crippen LogP contribution in [0.2, 0.25) is 0 Å². The van der Waals surface area contributed by atoms with Crippen molar-refractivity contribution in [3.63, 3.8) is 0 Å². The van der Waals surface area contributed by atoms with Gasteiger partial charge in [0.1, 0.15) is 17.4 Å². The summed E-state index contributed by atoms with van der Waals surface area (Å²) >= 11 is 0. The highest BCUT2D eigenvalue weighted by atomic mass is 16.5. The van der Waals surface area contributed by atoms with E-state index in [1.165, 1.54) is 35.4 Å². The van der Waals surface area contributed by atoms with Crippen LogP contribution in [0.4, 0.5) is 0 Å². The SMILES string of the molecule is COc1c(C)cc(CN2CCC(c3nnc4n3CCNC4)CC2)cc1C. The Balaban J connectivity index is 1.39. The van der Waals surface area contributed by atoms with Gasteiger partial charge < -0.3 is 14.6 Å². The van der Waals surface area contributed by atoms with Crippen LogP contribution < -0.4 is 10.1 Å². The van der Waals surface area contributed by atoms with Crippen LogP contribution in [0, 0.1) is 13.8 Å². The van der Waals surface area contributed by atoms with E-state index < -0.39 is 0 Å². The number of hydrogen-bond acceptors (Lipinski definition) is 5. The Kier molecular flexibility index (Phi) is 4.96. The van der Waals surface area contributed by atoms with Crippen LogP contribution in [-0.4, -0.2) is 46.4 Å². The van der Waals surface area contributed by atoms with Gasteiger partial charge in [0, 0.05) is 25.6 Å². The number of aromatic nitrogens is 3. The summed E-state index contributed by atoms with van der Waals surface area (Å²) in [5.41, 5.74) is 3.83. The Bertz CT molecular complexity index is 753. The van der Waals surface area contributed by atoms with Gasteiger partial charge in [0.05, 0.1) is 13.7 Å². The van der Waals surface area contributed by atoms with Gasteiger partial charge in [-0.2, -0.15) is 0 Å².